The Bertz CT molecular complexity index is 732. The van der Waals surface area contributed by atoms with Crippen molar-refractivity contribution in [1.82, 2.24) is 14.5 Å². The third-order valence-corrected chi connectivity index (χ3v) is 6.92. The van der Waals surface area contributed by atoms with E-state index in [2.05, 4.69) is 5.32 Å². The van der Waals surface area contributed by atoms with E-state index in [1.807, 2.05) is 7.05 Å². The van der Waals surface area contributed by atoms with E-state index in [1.54, 1.807) is 30.9 Å². The van der Waals surface area contributed by atoms with Gasteiger partial charge in [-0.05, 0) is 38.1 Å². The first-order valence-corrected chi connectivity index (χ1v) is 10.5. The molecule has 1 amide bonds. The fourth-order valence-corrected chi connectivity index (χ4v) is 4.93. The number of hydrogen-bond acceptors (Lipinski definition) is 5. The number of hydrogen-bond donors (Lipinski definition) is 1. The molecule has 26 heavy (non-hydrogen) atoms. The number of nitrogens with zero attached hydrogens (tertiary/aromatic N) is 2. The molecule has 0 radical (unpaired) electrons. The SMILES string of the molecule is CCN(CC)S(=O)(=O)c1cc(C(=O)N2CCCC(NC)C2)ccc1OC. The molecule has 0 bridgehead atoms. The van der Waals surface area contributed by atoms with E-state index in [9.17, 15) is 13.2 Å². The van der Waals surface area contributed by atoms with Crippen molar-refractivity contribution >= 4 is 15.9 Å². The third-order valence-electron chi connectivity index (χ3n) is 4.85. The molecule has 7 nitrogen and oxygen atoms in total. The van der Waals surface area contributed by atoms with Gasteiger partial charge in [0.15, 0.2) is 0 Å². The number of methoxy groups -OCH3 is 1. The van der Waals surface area contributed by atoms with E-state index in [-0.39, 0.29) is 22.6 Å². The smallest absolute Gasteiger partial charge is 0.253 e. The van der Waals surface area contributed by atoms with Crippen LogP contribution in [0, 0.1) is 0 Å². The number of carbonyl (C=O) groups is 1. The Balaban J connectivity index is 2.39. The number of piperidine rings is 1. The molecule has 2 rings (SSSR count). The number of likely N-dealkylation sites (N-methyl/N-ethyl adjacent to an activating group) is 1. The van der Waals surface area contributed by atoms with Crippen LogP contribution in [0.1, 0.15) is 37.0 Å². The molecular weight excluding hydrogens is 354 g/mol. The van der Waals surface area contributed by atoms with Crippen LogP contribution in [0.5, 0.6) is 5.75 Å². The minimum atomic E-state index is -3.72. The van der Waals surface area contributed by atoms with Crippen LogP contribution >= 0.6 is 0 Å². The van der Waals surface area contributed by atoms with E-state index in [0.29, 0.717) is 31.7 Å². The van der Waals surface area contributed by atoms with Crippen LogP contribution in [-0.2, 0) is 10.0 Å². The highest BCUT2D eigenvalue weighted by atomic mass is 32.2. The highest BCUT2D eigenvalue weighted by Gasteiger charge is 2.29. The lowest BCUT2D eigenvalue weighted by Crippen LogP contribution is -2.47. The number of amides is 1. The summed E-state index contributed by atoms with van der Waals surface area (Å²) in [5, 5.41) is 3.21. The number of sulfonamides is 1. The van der Waals surface area contributed by atoms with Crippen molar-refractivity contribution in [3.8, 4) is 5.75 Å². The molecule has 0 aromatic heterocycles. The number of benzene rings is 1. The van der Waals surface area contributed by atoms with Gasteiger partial charge in [0.1, 0.15) is 10.6 Å². The quantitative estimate of drug-likeness (QED) is 0.773. The molecule has 8 heteroatoms. The van der Waals surface area contributed by atoms with Gasteiger partial charge in [-0.15, -0.1) is 0 Å². The highest BCUT2D eigenvalue weighted by molar-refractivity contribution is 7.89. The monoisotopic (exact) mass is 383 g/mol. The fraction of sp³-hybridized carbons (Fsp3) is 0.611. The van der Waals surface area contributed by atoms with E-state index < -0.39 is 10.0 Å². The predicted molar refractivity (Wildman–Crippen MR) is 101 cm³/mol. The van der Waals surface area contributed by atoms with Crippen LogP contribution in [0.3, 0.4) is 0 Å². The van der Waals surface area contributed by atoms with Crippen molar-refractivity contribution in [2.24, 2.45) is 0 Å². The Kier molecular flexibility index (Phi) is 7.02. The largest absolute Gasteiger partial charge is 0.495 e. The van der Waals surface area contributed by atoms with Gasteiger partial charge in [0, 0.05) is 37.8 Å². The topological polar surface area (TPSA) is 79.0 Å². The average Bonchev–Trinajstić information content (AvgIpc) is 2.67. The van der Waals surface area contributed by atoms with Crippen LogP contribution in [0.2, 0.25) is 0 Å². The van der Waals surface area contributed by atoms with Gasteiger partial charge in [-0.25, -0.2) is 8.42 Å². The molecule has 1 fully saturated rings. The summed E-state index contributed by atoms with van der Waals surface area (Å²) >= 11 is 0. The molecule has 1 aliphatic rings. The first-order chi connectivity index (χ1) is 12.4. The molecule has 1 heterocycles. The molecule has 1 unspecified atom stereocenters. The molecule has 1 saturated heterocycles. The standard InChI is InChI=1S/C18H29N3O4S/c1-5-21(6-2)26(23,24)17-12-14(9-10-16(17)25-4)18(22)20-11-7-8-15(13-20)19-3/h9-10,12,15,19H,5-8,11,13H2,1-4H3. The molecule has 0 saturated carbocycles. The van der Waals surface area contributed by atoms with E-state index in [0.717, 1.165) is 12.8 Å². The van der Waals surface area contributed by atoms with Crippen molar-refractivity contribution in [1.29, 1.82) is 0 Å². The van der Waals surface area contributed by atoms with Crippen molar-refractivity contribution < 1.29 is 17.9 Å². The molecule has 1 aliphatic heterocycles. The number of rotatable bonds is 7. The Morgan fingerprint density at radius 1 is 1.35 bits per heavy atom. The van der Waals surface area contributed by atoms with Crippen LogP contribution in [0.25, 0.3) is 0 Å². The molecule has 0 spiro atoms. The molecular formula is C18H29N3O4S. The van der Waals surface area contributed by atoms with Gasteiger partial charge in [0.2, 0.25) is 10.0 Å². The van der Waals surface area contributed by atoms with Crippen molar-refractivity contribution in [3.63, 3.8) is 0 Å². The molecule has 1 N–H and O–H groups in total. The first kappa shape index (κ1) is 20.7. The highest BCUT2D eigenvalue weighted by Crippen LogP contribution is 2.28. The molecule has 0 aliphatic carbocycles. The summed E-state index contributed by atoms with van der Waals surface area (Å²) in [5.74, 6) is 0.101. The zero-order valence-electron chi connectivity index (χ0n) is 16.0. The van der Waals surface area contributed by atoms with Crippen LogP contribution in [0.4, 0.5) is 0 Å². The maximum Gasteiger partial charge on any atom is 0.253 e. The number of likely N-dealkylation sites (tertiary alicyclic amines) is 1. The summed E-state index contributed by atoms with van der Waals surface area (Å²) in [5.41, 5.74) is 0.369. The summed E-state index contributed by atoms with van der Waals surface area (Å²) in [6.07, 6.45) is 1.96. The summed E-state index contributed by atoms with van der Waals surface area (Å²) in [7, 11) is -0.400. The molecule has 1 atom stereocenters. The maximum atomic E-state index is 12.9. The first-order valence-electron chi connectivity index (χ1n) is 9.03. The summed E-state index contributed by atoms with van der Waals surface area (Å²) < 4.78 is 32.5. The summed E-state index contributed by atoms with van der Waals surface area (Å²) in [6, 6.07) is 4.90. The van der Waals surface area contributed by atoms with Gasteiger partial charge in [0.05, 0.1) is 7.11 Å². The Labute approximate surface area is 156 Å². The molecule has 1 aromatic carbocycles. The van der Waals surface area contributed by atoms with Crippen LogP contribution in [-0.4, -0.2) is 69.9 Å². The minimum absolute atomic E-state index is 0.0386. The van der Waals surface area contributed by atoms with Crippen LogP contribution in [0.15, 0.2) is 23.1 Å². The van der Waals surface area contributed by atoms with Crippen molar-refractivity contribution in [2.45, 2.75) is 37.6 Å². The second-order valence-corrected chi connectivity index (χ2v) is 8.24. The Morgan fingerprint density at radius 2 is 2.04 bits per heavy atom. The van der Waals surface area contributed by atoms with Crippen molar-refractivity contribution in [2.75, 3.05) is 40.3 Å². The van der Waals surface area contributed by atoms with Gasteiger partial charge in [0.25, 0.3) is 5.91 Å². The molecule has 1 aromatic rings. The van der Waals surface area contributed by atoms with E-state index in [4.69, 9.17) is 4.74 Å². The van der Waals surface area contributed by atoms with Gasteiger partial charge in [-0.3, -0.25) is 4.79 Å². The second kappa shape index (κ2) is 8.83. The fourth-order valence-electron chi connectivity index (χ4n) is 3.29. The number of ether oxygens (including phenoxy) is 1. The zero-order chi connectivity index (χ0) is 19.3. The number of carbonyl (C=O) groups excluding carboxylic acids is 1. The summed E-state index contributed by atoms with van der Waals surface area (Å²) in [6.45, 7) is 5.59. The maximum absolute atomic E-state index is 12.9. The van der Waals surface area contributed by atoms with Gasteiger partial charge < -0.3 is 15.0 Å². The minimum Gasteiger partial charge on any atom is -0.495 e. The lowest BCUT2D eigenvalue weighted by atomic mass is 10.0. The van der Waals surface area contributed by atoms with Crippen LogP contribution < -0.4 is 10.1 Å². The molecule has 146 valence electrons. The lowest BCUT2D eigenvalue weighted by Gasteiger charge is -2.32. The van der Waals surface area contributed by atoms with Gasteiger partial charge in [-0.1, -0.05) is 13.8 Å². The lowest BCUT2D eigenvalue weighted by molar-refractivity contribution is 0.0698. The Hall–Kier alpha value is -1.64. The normalized spacial score (nSPS) is 18.2. The van der Waals surface area contributed by atoms with E-state index in [1.165, 1.54) is 17.5 Å². The van der Waals surface area contributed by atoms with Crippen molar-refractivity contribution in [3.05, 3.63) is 23.8 Å². The van der Waals surface area contributed by atoms with E-state index >= 15 is 0 Å². The Morgan fingerprint density at radius 3 is 2.62 bits per heavy atom. The third kappa shape index (κ3) is 4.19. The van der Waals surface area contributed by atoms with Gasteiger partial charge in [-0.2, -0.15) is 4.31 Å². The summed E-state index contributed by atoms with van der Waals surface area (Å²) in [4.78, 5) is 14.7. The predicted octanol–water partition coefficient (Wildman–Crippen LogP) is 1.55. The number of nitrogens with one attached hydrogen (secondary N) is 1. The second-order valence-electron chi connectivity index (χ2n) is 6.33. The van der Waals surface area contributed by atoms with Gasteiger partial charge >= 0.3 is 0 Å². The zero-order valence-corrected chi connectivity index (χ0v) is 16.8. The average molecular weight is 384 g/mol.